The van der Waals surface area contributed by atoms with E-state index in [1.165, 1.54) is 29.0 Å². The number of hydrogen-bond donors (Lipinski definition) is 1. The second-order valence-corrected chi connectivity index (χ2v) is 7.49. The fraction of sp³-hybridized carbons (Fsp3) is 0. The molecular weight excluding hydrogens is 400 g/mol. The molecule has 144 valence electrons. The van der Waals surface area contributed by atoms with Crippen LogP contribution in [0.3, 0.4) is 0 Å². The van der Waals surface area contributed by atoms with Gasteiger partial charge in [0.1, 0.15) is 10.7 Å². The smallest absolute Gasteiger partial charge is 0.263 e. The first-order valence-corrected chi connectivity index (χ1v) is 9.64. The number of anilines is 1. The van der Waals surface area contributed by atoms with Gasteiger partial charge in [-0.2, -0.15) is 5.10 Å². The lowest BCUT2D eigenvalue weighted by Crippen LogP contribution is -2.14. The van der Waals surface area contributed by atoms with Crippen LogP contribution in [0.5, 0.6) is 0 Å². The Morgan fingerprint density at radius 3 is 2.69 bits per heavy atom. The van der Waals surface area contributed by atoms with Crippen molar-refractivity contribution in [3.63, 3.8) is 0 Å². The Morgan fingerprint density at radius 1 is 1.03 bits per heavy atom. The fourth-order valence-electron chi connectivity index (χ4n) is 2.46. The summed E-state index contributed by atoms with van der Waals surface area (Å²) in [5, 5.41) is 4.01. The minimum Gasteiger partial charge on any atom is -0.277 e. The molecule has 10 heteroatoms. The molecule has 1 N–H and O–H groups in total. The number of aromatic nitrogens is 4. The zero-order valence-electron chi connectivity index (χ0n) is 14.5. The number of pyridine rings is 1. The SMILES string of the molecule is O=S(=O)(Nc1ccc(F)c(C#Cc2cnc3ccnn3c2)c1F)c1cccnc1. The molecule has 0 aliphatic heterocycles. The van der Waals surface area contributed by atoms with Gasteiger partial charge in [0.05, 0.1) is 23.0 Å². The molecule has 1 aromatic carbocycles. The molecule has 0 saturated carbocycles. The Morgan fingerprint density at radius 2 is 1.90 bits per heavy atom. The van der Waals surface area contributed by atoms with Crippen molar-refractivity contribution in [1.82, 2.24) is 19.6 Å². The zero-order valence-corrected chi connectivity index (χ0v) is 15.4. The molecule has 3 heterocycles. The highest BCUT2D eigenvalue weighted by Gasteiger charge is 2.19. The summed E-state index contributed by atoms with van der Waals surface area (Å²) in [6.45, 7) is 0. The average molecular weight is 411 g/mol. The first-order valence-electron chi connectivity index (χ1n) is 8.16. The van der Waals surface area contributed by atoms with E-state index in [0.29, 0.717) is 11.2 Å². The molecule has 3 aromatic heterocycles. The van der Waals surface area contributed by atoms with Crippen molar-refractivity contribution in [3.05, 3.63) is 84.1 Å². The number of benzene rings is 1. The van der Waals surface area contributed by atoms with Crippen molar-refractivity contribution in [1.29, 1.82) is 0 Å². The van der Waals surface area contributed by atoms with Crippen molar-refractivity contribution in [2.45, 2.75) is 4.90 Å². The van der Waals surface area contributed by atoms with Crippen LogP contribution in [0.2, 0.25) is 0 Å². The molecule has 4 aromatic rings. The Hall–Kier alpha value is -3.84. The molecule has 0 unspecified atom stereocenters. The van der Waals surface area contributed by atoms with E-state index in [1.807, 2.05) is 0 Å². The molecule has 0 amide bonds. The number of nitrogens with one attached hydrogen (secondary N) is 1. The van der Waals surface area contributed by atoms with Crippen LogP contribution >= 0.6 is 0 Å². The van der Waals surface area contributed by atoms with Gasteiger partial charge in [0, 0.05) is 30.9 Å². The molecule has 0 saturated heterocycles. The maximum atomic E-state index is 14.8. The average Bonchev–Trinajstić information content (AvgIpc) is 3.18. The molecule has 4 rings (SSSR count). The topological polar surface area (TPSA) is 89.2 Å². The van der Waals surface area contributed by atoms with Gasteiger partial charge in [-0.1, -0.05) is 11.8 Å². The van der Waals surface area contributed by atoms with Gasteiger partial charge in [-0.3, -0.25) is 9.71 Å². The van der Waals surface area contributed by atoms with Crippen LogP contribution in [0.1, 0.15) is 11.1 Å². The van der Waals surface area contributed by atoms with Crippen molar-refractivity contribution < 1.29 is 17.2 Å². The summed E-state index contributed by atoms with van der Waals surface area (Å²) in [6, 6.07) is 6.34. The normalized spacial score (nSPS) is 11.1. The lowest BCUT2D eigenvalue weighted by molar-refractivity contribution is 0.578. The highest BCUT2D eigenvalue weighted by Crippen LogP contribution is 2.23. The van der Waals surface area contributed by atoms with Gasteiger partial charge in [-0.05, 0) is 24.3 Å². The van der Waals surface area contributed by atoms with Gasteiger partial charge >= 0.3 is 0 Å². The van der Waals surface area contributed by atoms with Gasteiger partial charge in [-0.15, -0.1) is 0 Å². The molecular formula is C19H11F2N5O2S. The summed E-state index contributed by atoms with van der Waals surface area (Å²) >= 11 is 0. The van der Waals surface area contributed by atoms with Crippen LogP contribution < -0.4 is 4.72 Å². The molecule has 0 bridgehead atoms. The summed E-state index contributed by atoms with van der Waals surface area (Å²) in [5.41, 5.74) is -0.0294. The van der Waals surface area contributed by atoms with Gasteiger partial charge in [0.2, 0.25) is 0 Å². The fourth-order valence-corrected chi connectivity index (χ4v) is 3.49. The van der Waals surface area contributed by atoms with E-state index in [2.05, 4.69) is 31.6 Å². The van der Waals surface area contributed by atoms with Crippen molar-refractivity contribution in [3.8, 4) is 11.8 Å². The van der Waals surface area contributed by atoms with Gasteiger partial charge in [0.25, 0.3) is 10.0 Å². The molecule has 7 nitrogen and oxygen atoms in total. The first kappa shape index (κ1) is 18.5. The summed E-state index contributed by atoms with van der Waals surface area (Å²) in [5.74, 6) is 2.95. The second-order valence-electron chi connectivity index (χ2n) is 5.80. The van der Waals surface area contributed by atoms with Gasteiger partial charge in [-0.25, -0.2) is 26.7 Å². The molecule has 0 aliphatic rings. The van der Waals surface area contributed by atoms with E-state index in [0.717, 1.165) is 18.3 Å². The van der Waals surface area contributed by atoms with Crippen LogP contribution in [-0.2, 0) is 10.0 Å². The van der Waals surface area contributed by atoms with Crippen LogP contribution in [0.15, 0.2) is 66.2 Å². The minimum atomic E-state index is -4.10. The largest absolute Gasteiger partial charge is 0.277 e. The number of nitrogens with zero attached hydrogens (tertiary/aromatic N) is 4. The summed E-state index contributed by atoms with van der Waals surface area (Å²) < 4.78 is 57.2. The standard InChI is InChI=1S/C19H11F2N5O2S/c20-16-5-6-17(25-29(27,28)14-2-1-8-22-11-14)19(21)15(16)4-3-13-10-23-18-7-9-24-26(18)12-13/h1-2,5-12,25H. The number of rotatable bonds is 3. The Balaban J connectivity index is 1.69. The van der Waals surface area contributed by atoms with Crippen molar-refractivity contribution in [2.24, 2.45) is 0 Å². The third kappa shape index (κ3) is 3.76. The third-order valence-electron chi connectivity index (χ3n) is 3.86. The van der Waals surface area contributed by atoms with E-state index in [1.54, 1.807) is 18.5 Å². The van der Waals surface area contributed by atoms with Gasteiger partial charge < -0.3 is 0 Å². The summed E-state index contributed by atoms with van der Waals surface area (Å²) in [4.78, 5) is 7.67. The Kier molecular flexibility index (Phi) is 4.66. The lowest BCUT2D eigenvalue weighted by atomic mass is 10.1. The van der Waals surface area contributed by atoms with E-state index < -0.39 is 32.9 Å². The maximum Gasteiger partial charge on any atom is 0.263 e. The molecule has 0 atom stereocenters. The predicted molar refractivity (Wildman–Crippen MR) is 100 cm³/mol. The predicted octanol–water partition coefficient (Wildman–Crippen LogP) is 2.60. The summed E-state index contributed by atoms with van der Waals surface area (Å²) in [7, 11) is -4.10. The first-order chi connectivity index (χ1) is 13.9. The highest BCUT2D eigenvalue weighted by atomic mass is 32.2. The third-order valence-corrected chi connectivity index (χ3v) is 5.21. The van der Waals surface area contributed by atoms with E-state index >= 15 is 0 Å². The number of hydrogen-bond acceptors (Lipinski definition) is 5. The zero-order chi connectivity index (χ0) is 20.4. The van der Waals surface area contributed by atoms with E-state index in [-0.39, 0.29) is 4.90 Å². The molecule has 0 spiro atoms. The summed E-state index contributed by atoms with van der Waals surface area (Å²) in [6.07, 6.45) is 7.06. The van der Waals surface area contributed by atoms with Crippen LogP contribution in [0.4, 0.5) is 14.5 Å². The van der Waals surface area contributed by atoms with Crippen LogP contribution in [0, 0.1) is 23.5 Å². The number of sulfonamides is 1. The second kappa shape index (κ2) is 7.29. The van der Waals surface area contributed by atoms with Crippen LogP contribution in [-0.4, -0.2) is 28.0 Å². The number of fused-ring (bicyclic) bond motifs is 1. The lowest BCUT2D eigenvalue weighted by Gasteiger charge is -2.10. The molecule has 0 fully saturated rings. The van der Waals surface area contributed by atoms with E-state index in [9.17, 15) is 17.2 Å². The highest BCUT2D eigenvalue weighted by molar-refractivity contribution is 7.92. The molecule has 0 radical (unpaired) electrons. The van der Waals surface area contributed by atoms with Crippen LogP contribution in [0.25, 0.3) is 5.65 Å². The molecule has 0 aliphatic carbocycles. The maximum absolute atomic E-state index is 14.8. The quantitative estimate of drug-likeness (QED) is 0.524. The minimum absolute atomic E-state index is 0.157. The van der Waals surface area contributed by atoms with Crippen molar-refractivity contribution >= 4 is 21.4 Å². The Bertz CT molecular complexity index is 1380. The van der Waals surface area contributed by atoms with E-state index in [4.69, 9.17) is 0 Å². The van der Waals surface area contributed by atoms with Gasteiger partial charge in [0.15, 0.2) is 11.5 Å². The van der Waals surface area contributed by atoms with Crippen molar-refractivity contribution in [2.75, 3.05) is 4.72 Å². The number of halogens is 2. The monoisotopic (exact) mass is 411 g/mol. The molecule has 29 heavy (non-hydrogen) atoms. The Labute approximate surface area is 164 Å².